The van der Waals surface area contributed by atoms with Crippen molar-refractivity contribution in [2.45, 2.75) is 13.8 Å². The number of hydrogen-bond donors (Lipinski definition) is 1. The van der Waals surface area contributed by atoms with Crippen LogP contribution >= 0.6 is 11.3 Å². The molecule has 0 unspecified atom stereocenters. The average Bonchev–Trinajstić information content (AvgIpc) is 3.20. The van der Waals surface area contributed by atoms with E-state index in [2.05, 4.69) is 49.5 Å². The van der Waals surface area contributed by atoms with Gasteiger partial charge >= 0.3 is 0 Å². The molecule has 0 aliphatic carbocycles. The van der Waals surface area contributed by atoms with E-state index in [4.69, 9.17) is 9.72 Å². The number of benzene rings is 3. The molecule has 1 amide bonds. The van der Waals surface area contributed by atoms with Gasteiger partial charge in [-0.05, 0) is 48.7 Å². The Morgan fingerprint density at radius 1 is 0.900 bits per heavy atom. The van der Waals surface area contributed by atoms with Gasteiger partial charge in [0.2, 0.25) is 0 Å². The van der Waals surface area contributed by atoms with Crippen LogP contribution in [0.2, 0.25) is 0 Å². The van der Waals surface area contributed by atoms with Gasteiger partial charge in [-0.2, -0.15) is 0 Å². The molecule has 0 bridgehead atoms. The van der Waals surface area contributed by atoms with E-state index >= 15 is 0 Å². The van der Waals surface area contributed by atoms with Crippen LogP contribution in [0.15, 0.2) is 72.8 Å². The Balaban J connectivity index is 1.75. The van der Waals surface area contributed by atoms with E-state index in [9.17, 15) is 4.79 Å². The minimum Gasteiger partial charge on any atom is -0.496 e. The number of methoxy groups -OCH3 is 1. The van der Waals surface area contributed by atoms with Gasteiger partial charge in [-0.3, -0.25) is 10.1 Å². The van der Waals surface area contributed by atoms with E-state index in [0.717, 1.165) is 21.7 Å². The van der Waals surface area contributed by atoms with Gasteiger partial charge in [-0.25, -0.2) is 4.98 Å². The second-order valence-electron chi connectivity index (χ2n) is 7.02. The topological polar surface area (TPSA) is 51.2 Å². The Labute approximate surface area is 180 Å². The molecule has 4 nitrogen and oxygen atoms in total. The molecular weight excluding hydrogens is 392 g/mol. The van der Waals surface area contributed by atoms with Crippen molar-refractivity contribution >= 4 is 22.4 Å². The normalized spacial score (nSPS) is 10.6. The minimum absolute atomic E-state index is 0.243. The summed E-state index contributed by atoms with van der Waals surface area (Å²) in [6.45, 7) is 4.19. The van der Waals surface area contributed by atoms with Crippen molar-refractivity contribution < 1.29 is 9.53 Å². The van der Waals surface area contributed by atoms with Crippen LogP contribution in [-0.2, 0) is 0 Å². The summed E-state index contributed by atoms with van der Waals surface area (Å²) in [5.41, 5.74) is 5.89. The third-order valence-electron chi connectivity index (χ3n) is 5.02. The number of nitrogens with zero attached hydrogens (tertiary/aromatic N) is 1. The van der Waals surface area contributed by atoms with Gasteiger partial charge < -0.3 is 4.74 Å². The molecule has 0 aliphatic heterocycles. The Hall–Kier alpha value is -3.44. The Morgan fingerprint density at radius 2 is 1.63 bits per heavy atom. The van der Waals surface area contributed by atoms with E-state index in [1.54, 1.807) is 19.2 Å². The second kappa shape index (κ2) is 8.51. The first-order valence-corrected chi connectivity index (χ1v) is 10.5. The van der Waals surface area contributed by atoms with E-state index in [1.165, 1.54) is 22.5 Å². The second-order valence-corrected chi connectivity index (χ2v) is 8.02. The highest BCUT2D eigenvalue weighted by molar-refractivity contribution is 7.19. The molecule has 5 heteroatoms. The van der Waals surface area contributed by atoms with Gasteiger partial charge in [0.05, 0.1) is 23.2 Å². The lowest BCUT2D eigenvalue weighted by molar-refractivity contribution is 0.102. The summed E-state index contributed by atoms with van der Waals surface area (Å²) in [5, 5.41) is 3.50. The monoisotopic (exact) mass is 414 g/mol. The number of aromatic nitrogens is 1. The van der Waals surface area contributed by atoms with Crippen LogP contribution in [0.3, 0.4) is 0 Å². The van der Waals surface area contributed by atoms with Crippen molar-refractivity contribution in [1.82, 2.24) is 4.98 Å². The summed E-state index contributed by atoms with van der Waals surface area (Å²) in [6, 6.07) is 23.6. The number of nitrogens with one attached hydrogen (secondary N) is 1. The zero-order valence-corrected chi connectivity index (χ0v) is 17.9. The number of thiazole rings is 1. The summed E-state index contributed by atoms with van der Waals surface area (Å²) >= 11 is 1.47. The summed E-state index contributed by atoms with van der Waals surface area (Å²) in [7, 11) is 1.56. The molecule has 0 saturated heterocycles. The fraction of sp³-hybridized carbons (Fsp3) is 0.120. The van der Waals surface area contributed by atoms with E-state index in [0.29, 0.717) is 16.4 Å². The molecule has 0 fully saturated rings. The first kappa shape index (κ1) is 19.9. The maximum atomic E-state index is 12.9. The fourth-order valence-corrected chi connectivity index (χ4v) is 4.23. The molecule has 150 valence electrons. The van der Waals surface area contributed by atoms with Crippen LogP contribution in [0.25, 0.3) is 21.7 Å². The Morgan fingerprint density at radius 3 is 2.37 bits per heavy atom. The summed E-state index contributed by atoms with van der Waals surface area (Å²) in [4.78, 5) is 18.7. The Kier molecular flexibility index (Phi) is 5.63. The molecule has 0 atom stereocenters. The first-order chi connectivity index (χ1) is 14.6. The SMILES string of the molecule is COc1ccccc1C(=O)Nc1nc(-c2ccc(C)c(C)c2)c(-c2ccccc2)s1. The average molecular weight is 415 g/mol. The molecule has 4 aromatic rings. The number of amides is 1. The number of ether oxygens (including phenoxy) is 1. The van der Waals surface area contributed by atoms with Crippen molar-refractivity contribution in [3.05, 3.63) is 89.5 Å². The maximum Gasteiger partial charge on any atom is 0.261 e. The fourth-order valence-electron chi connectivity index (χ4n) is 3.24. The smallest absolute Gasteiger partial charge is 0.261 e. The van der Waals surface area contributed by atoms with Gasteiger partial charge in [0.25, 0.3) is 5.91 Å². The molecule has 0 saturated carbocycles. The first-order valence-electron chi connectivity index (χ1n) is 9.65. The van der Waals surface area contributed by atoms with Gasteiger partial charge in [-0.15, -0.1) is 0 Å². The number of rotatable bonds is 5. The molecule has 1 aromatic heterocycles. The van der Waals surface area contributed by atoms with Crippen molar-refractivity contribution in [3.63, 3.8) is 0 Å². The van der Waals surface area contributed by atoms with Crippen LogP contribution in [0.5, 0.6) is 5.75 Å². The van der Waals surface area contributed by atoms with Crippen LogP contribution in [-0.4, -0.2) is 18.0 Å². The molecular formula is C25H22N2O2S. The van der Waals surface area contributed by atoms with E-state index in [-0.39, 0.29) is 5.91 Å². The third-order valence-corrected chi connectivity index (χ3v) is 6.04. The lowest BCUT2D eigenvalue weighted by atomic mass is 10.0. The summed E-state index contributed by atoms with van der Waals surface area (Å²) in [5.74, 6) is 0.289. The lowest BCUT2D eigenvalue weighted by Crippen LogP contribution is -2.12. The summed E-state index contributed by atoms with van der Waals surface area (Å²) < 4.78 is 5.32. The number of carbonyl (C=O) groups is 1. The highest BCUT2D eigenvalue weighted by Crippen LogP contribution is 2.39. The highest BCUT2D eigenvalue weighted by atomic mass is 32.1. The predicted octanol–water partition coefficient (Wildman–Crippen LogP) is 6.35. The quantitative estimate of drug-likeness (QED) is 0.414. The number of anilines is 1. The highest BCUT2D eigenvalue weighted by Gasteiger charge is 2.18. The molecule has 30 heavy (non-hydrogen) atoms. The number of carbonyl (C=O) groups excluding carboxylic acids is 1. The number of hydrogen-bond acceptors (Lipinski definition) is 4. The molecule has 1 N–H and O–H groups in total. The number of para-hydroxylation sites is 1. The molecule has 0 spiro atoms. The molecule has 3 aromatic carbocycles. The van der Waals surface area contributed by atoms with Crippen molar-refractivity contribution in [1.29, 1.82) is 0 Å². The Bertz CT molecular complexity index is 1200. The minimum atomic E-state index is -0.243. The predicted molar refractivity (Wildman–Crippen MR) is 123 cm³/mol. The third kappa shape index (κ3) is 3.98. The lowest BCUT2D eigenvalue weighted by Gasteiger charge is -2.07. The van der Waals surface area contributed by atoms with Crippen molar-refractivity contribution in [3.8, 4) is 27.4 Å². The van der Waals surface area contributed by atoms with Gasteiger partial charge in [0.15, 0.2) is 5.13 Å². The largest absolute Gasteiger partial charge is 0.496 e. The summed E-state index contributed by atoms with van der Waals surface area (Å²) in [6.07, 6.45) is 0. The standard InChI is InChI=1S/C25H22N2O2S/c1-16-13-14-19(15-17(16)2)22-23(18-9-5-4-6-10-18)30-25(26-22)27-24(28)20-11-7-8-12-21(20)29-3/h4-15H,1-3H3,(H,26,27,28). The zero-order valence-electron chi connectivity index (χ0n) is 17.1. The molecule has 0 radical (unpaired) electrons. The molecule has 1 heterocycles. The van der Waals surface area contributed by atoms with Crippen molar-refractivity contribution in [2.75, 3.05) is 12.4 Å². The van der Waals surface area contributed by atoms with Gasteiger partial charge in [-0.1, -0.05) is 65.9 Å². The van der Waals surface area contributed by atoms with E-state index < -0.39 is 0 Å². The van der Waals surface area contributed by atoms with Crippen LogP contribution < -0.4 is 10.1 Å². The van der Waals surface area contributed by atoms with Crippen LogP contribution in [0.4, 0.5) is 5.13 Å². The van der Waals surface area contributed by atoms with Gasteiger partial charge in [0, 0.05) is 5.56 Å². The maximum absolute atomic E-state index is 12.9. The van der Waals surface area contributed by atoms with Gasteiger partial charge in [0.1, 0.15) is 5.75 Å². The van der Waals surface area contributed by atoms with Crippen LogP contribution in [0.1, 0.15) is 21.5 Å². The van der Waals surface area contributed by atoms with E-state index in [1.807, 2.05) is 30.3 Å². The number of aryl methyl sites for hydroxylation is 2. The van der Waals surface area contributed by atoms with Crippen LogP contribution in [0, 0.1) is 13.8 Å². The molecule has 0 aliphatic rings. The zero-order chi connectivity index (χ0) is 21.1. The molecule has 4 rings (SSSR count). The van der Waals surface area contributed by atoms with Crippen molar-refractivity contribution in [2.24, 2.45) is 0 Å².